The van der Waals surface area contributed by atoms with Crippen molar-refractivity contribution in [3.8, 4) is 11.5 Å². The topological polar surface area (TPSA) is 97.0 Å². The van der Waals surface area contributed by atoms with Gasteiger partial charge in [-0.05, 0) is 30.3 Å². The molecule has 29 heavy (non-hydrogen) atoms. The number of nitrogens with zero attached hydrogens (tertiary/aromatic N) is 1. The highest BCUT2D eigenvalue weighted by Gasteiger charge is 2.36. The molecule has 1 saturated heterocycles. The Morgan fingerprint density at radius 1 is 1.03 bits per heavy atom. The van der Waals surface area contributed by atoms with Gasteiger partial charge in [-0.2, -0.15) is 0 Å². The Hall–Kier alpha value is -3.55. The number of amides is 3. The molecule has 0 saturated carbocycles. The third-order valence-electron chi connectivity index (χ3n) is 4.62. The molecule has 2 N–H and O–H groups in total. The van der Waals surface area contributed by atoms with Crippen LogP contribution in [0.15, 0.2) is 42.5 Å². The van der Waals surface area contributed by atoms with E-state index in [9.17, 15) is 14.4 Å². The molecule has 0 spiro atoms. The Labute approximate surface area is 168 Å². The minimum Gasteiger partial charge on any atom is -0.497 e. The van der Waals surface area contributed by atoms with E-state index in [2.05, 4.69) is 10.6 Å². The number of anilines is 3. The normalized spacial score (nSPS) is 15.8. The molecule has 8 nitrogen and oxygen atoms in total. The maximum Gasteiger partial charge on any atom is 0.229 e. The van der Waals surface area contributed by atoms with Gasteiger partial charge >= 0.3 is 0 Å². The molecule has 0 radical (unpaired) electrons. The third-order valence-corrected chi connectivity index (χ3v) is 4.62. The zero-order valence-electron chi connectivity index (χ0n) is 16.5. The Morgan fingerprint density at radius 3 is 2.41 bits per heavy atom. The van der Waals surface area contributed by atoms with Gasteiger partial charge in [0.15, 0.2) is 0 Å². The monoisotopic (exact) mass is 397 g/mol. The first kappa shape index (κ1) is 20.2. The van der Waals surface area contributed by atoms with Crippen LogP contribution in [0.4, 0.5) is 17.1 Å². The molecule has 1 heterocycles. The predicted molar refractivity (Wildman–Crippen MR) is 109 cm³/mol. The number of hydrogen-bond donors (Lipinski definition) is 2. The molecular formula is C21H23N3O5. The zero-order valence-corrected chi connectivity index (χ0v) is 16.5. The van der Waals surface area contributed by atoms with Gasteiger partial charge in [0.05, 0.1) is 25.8 Å². The van der Waals surface area contributed by atoms with Crippen LogP contribution in [-0.2, 0) is 14.4 Å². The highest BCUT2D eigenvalue weighted by Crippen LogP contribution is 2.36. The standard InChI is InChI=1S/C21H23N3O5/c1-13(25)22-15-5-4-6-16(10-15)23-21(27)14-9-20(26)24(12-14)18-8-7-17(28-2)11-19(18)29-3/h4-8,10-11,14H,9,12H2,1-3H3,(H,22,25)(H,23,27). The number of benzene rings is 2. The number of carbonyl (C=O) groups excluding carboxylic acids is 3. The summed E-state index contributed by atoms with van der Waals surface area (Å²) in [5, 5.41) is 5.49. The van der Waals surface area contributed by atoms with Crippen LogP contribution in [0.1, 0.15) is 13.3 Å². The summed E-state index contributed by atoms with van der Waals surface area (Å²) in [5.74, 6) is 0.0129. The Morgan fingerprint density at radius 2 is 1.76 bits per heavy atom. The van der Waals surface area contributed by atoms with E-state index in [-0.39, 0.29) is 30.7 Å². The summed E-state index contributed by atoms with van der Waals surface area (Å²) in [5.41, 5.74) is 1.73. The molecule has 1 aliphatic rings. The molecule has 2 aromatic carbocycles. The molecule has 1 fully saturated rings. The van der Waals surface area contributed by atoms with Crippen LogP contribution in [0.3, 0.4) is 0 Å². The summed E-state index contributed by atoms with van der Waals surface area (Å²) < 4.78 is 10.6. The Balaban J connectivity index is 1.72. The summed E-state index contributed by atoms with van der Waals surface area (Å²) in [6.07, 6.45) is 0.104. The van der Waals surface area contributed by atoms with E-state index in [1.165, 1.54) is 14.0 Å². The van der Waals surface area contributed by atoms with Crippen LogP contribution >= 0.6 is 0 Å². The second-order valence-corrected chi connectivity index (χ2v) is 6.69. The lowest BCUT2D eigenvalue weighted by Gasteiger charge is -2.20. The van der Waals surface area contributed by atoms with Gasteiger partial charge in [-0.25, -0.2) is 0 Å². The molecule has 1 unspecified atom stereocenters. The van der Waals surface area contributed by atoms with Gasteiger partial charge < -0.3 is 25.0 Å². The van der Waals surface area contributed by atoms with Crippen molar-refractivity contribution in [2.75, 3.05) is 36.3 Å². The molecular weight excluding hydrogens is 374 g/mol. The van der Waals surface area contributed by atoms with E-state index >= 15 is 0 Å². The van der Waals surface area contributed by atoms with Crippen molar-refractivity contribution in [1.82, 2.24) is 0 Å². The van der Waals surface area contributed by atoms with Gasteiger partial charge in [-0.15, -0.1) is 0 Å². The Kier molecular flexibility index (Phi) is 6.01. The smallest absolute Gasteiger partial charge is 0.229 e. The third kappa shape index (κ3) is 4.66. The first-order valence-electron chi connectivity index (χ1n) is 9.12. The molecule has 3 rings (SSSR count). The largest absolute Gasteiger partial charge is 0.497 e. The number of ether oxygens (including phenoxy) is 2. The number of nitrogens with one attached hydrogen (secondary N) is 2. The average molecular weight is 397 g/mol. The zero-order chi connectivity index (χ0) is 21.0. The highest BCUT2D eigenvalue weighted by atomic mass is 16.5. The van der Waals surface area contributed by atoms with Crippen LogP contribution in [0.25, 0.3) is 0 Å². The lowest BCUT2D eigenvalue weighted by atomic mass is 10.1. The fraction of sp³-hybridized carbons (Fsp3) is 0.286. The van der Waals surface area contributed by atoms with Crippen molar-refractivity contribution in [2.24, 2.45) is 5.92 Å². The maximum atomic E-state index is 12.7. The van der Waals surface area contributed by atoms with Gasteiger partial charge in [0.25, 0.3) is 0 Å². The van der Waals surface area contributed by atoms with E-state index in [1.807, 2.05) is 0 Å². The van der Waals surface area contributed by atoms with Crippen LogP contribution in [0, 0.1) is 5.92 Å². The second-order valence-electron chi connectivity index (χ2n) is 6.69. The van der Waals surface area contributed by atoms with E-state index in [1.54, 1.807) is 54.5 Å². The second kappa shape index (κ2) is 8.64. The lowest BCUT2D eigenvalue weighted by Crippen LogP contribution is -2.28. The molecule has 3 amide bonds. The van der Waals surface area contributed by atoms with Crippen LogP contribution in [-0.4, -0.2) is 38.5 Å². The fourth-order valence-electron chi connectivity index (χ4n) is 3.25. The first-order chi connectivity index (χ1) is 13.9. The summed E-state index contributed by atoms with van der Waals surface area (Å²) >= 11 is 0. The van der Waals surface area contributed by atoms with Crippen molar-refractivity contribution in [1.29, 1.82) is 0 Å². The van der Waals surface area contributed by atoms with Gasteiger partial charge in [0, 0.05) is 37.3 Å². The molecule has 8 heteroatoms. The van der Waals surface area contributed by atoms with E-state index in [0.717, 1.165) is 0 Å². The van der Waals surface area contributed by atoms with Crippen molar-refractivity contribution < 1.29 is 23.9 Å². The Bertz CT molecular complexity index is 944. The van der Waals surface area contributed by atoms with E-state index < -0.39 is 5.92 Å². The summed E-state index contributed by atoms with van der Waals surface area (Å²) in [6, 6.07) is 12.0. The first-order valence-corrected chi connectivity index (χ1v) is 9.12. The molecule has 1 aliphatic heterocycles. The highest BCUT2D eigenvalue weighted by molar-refractivity contribution is 6.04. The van der Waals surface area contributed by atoms with Crippen LogP contribution in [0.2, 0.25) is 0 Å². The van der Waals surface area contributed by atoms with Crippen LogP contribution in [0.5, 0.6) is 11.5 Å². The fourth-order valence-corrected chi connectivity index (χ4v) is 3.25. The van der Waals surface area contributed by atoms with Crippen molar-refractivity contribution in [2.45, 2.75) is 13.3 Å². The number of hydrogen-bond acceptors (Lipinski definition) is 5. The predicted octanol–water partition coefficient (Wildman–Crippen LogP) is 2.65. The van der Waals surface area contributed by atoms with Gasteiger partial charge in [0.1, 0.15) is 11.5 Å². The molecule has 1 atom stereocenters. The minimum absolute atomic E-state index is 0.104. The molecule has 0 aromatic heterocycles. The van der Waals surface area contributed by atoms with E-state index in [0.29, 0.717) is 28.6 Å². The number of methoxy groups -OCH3 is 2. The molecule has 152 valence electrons. The summed E-state index contributed by atoms with van der Waals surface area (Å²) in [7, 11) is 3.07. The van der Waals surface area contributed by atoms with Gasteiger partial charge in [0.2, 0.25) is 17.7 Å². The number of carbonyl (C=O) groups is 3. The minimum atomic E-state index is -0.501. The van der Waals surface area contributed by atoms with E-state index in [4.69, 9.17) is 9.47 Å². The average Bonchev–Trinajstić information content (AvgIpc) is 3.08. The quantitative estimate of drug-likeness (QED) is 0.781. The van der Waals surface area contributed by atoms with Crippen molar-refractivity contribution in [3.05, 3.63) is 42.5 Å². The summed E-state index contributed by atoms with van der Waals surface area (Å²) in [6.45, 7) is 1.66. The SMILES string of the molecule is COc1ccc(N2CC(C(=O)Nc3cccc(NC(C)=O)c3)CC2=O)c(OC)c1. The van der Waals surface area contributed by atoms with Crippen molar-refractivity contribution >= 4 is 34.8 Å². The van der Waals surface area contributed by atoms with Crippen LogP contribution < -0.4 is 25.0 Å². The molecule has 0 bridgehead atoms. The summed E-state index contributed by atoms with van der Waals surface area (Å²) in [4.78, 5) is 38.0. The molecule has 0 aliphatic carbocycles. The van der Waals surface area contributed by atoms with Crippen molar-refractivity contribution in [3.63, 3.8) is 0 Å². The van der Waals surface area contributed by atoms with Gasteiger partial charge in [-0.3, -0.25) is 14.4 Å². The van der Waals surface area contributed by atoms with Gasteiger partial charge in [-0.1, -0.05) is 6.07 Å². The number of rotatable bonds is 6. The maximum absolute atomic E-state index is 12.7. The lowest BCUT2D eigenvalue weighted by molar-refractivity contribution is -0.122. The molecule has 2 aromatic rings.